The molecule has 0 amide bonds. The molecule has 0 fully saturated rings. The number of aliphatic hydroxyl groups excluding tert-OH is 1. The minimum atomic E-state index is -0.696. The molecule has 0 radical (unpaired) electrons. The molecule has 0 aliphatic heterocycles. The normalized spacial score (nSPS) is 12.7. The predicted octanol–water partition coefficient (Wildman–Crippen LogP) is 3.43. The predicted molar refractivity (Wildman–Crippen MR) is 80.9 cm³/mol. The summed E-state index contributed by atoms with van der Waals surface area (Å²) >= 11 is 5.72. The fourth-order valence-corrected chi connectivity index (χ4v) is 2.55. The van der Waals surface area contributed by atoms with Crippen LogP contribution < -0.4 is 0 Å². The van der Waals surface area contributed by atoms with Gasteiger partial charge in [-0.05, 0) is 29.8 Å². The fourth-order valence-electron chi connectivity index (χ4n) is 2.39. The van der Waals surface area contributed by atoms with Crippen LogP contribution >= 0.6 is 11.6 Å². The number of aromatic nitrogens is 2. The number of aliphatic hydroxyl groups is 1. The first-order chi connectivity index (χ1) is 10.1. The zero-order chi connectivity index (χ0) is 14.8. The second kappa shape index (κ2) is 5.84. The third-order valence-corrected chi connectivity index (χ3v) is 3.64. The highest BCUT2D eigenvalue weighted by atomic mass is 35.5. The first-order valence-electron chi connectivity index (χ1n) is 6.65. The molecule has 5 heteroatoms. The van der Waals surface area contributed by atoms with Crippen molar-refractivity contribution in [2.24, 2.45) is 0 Å². The highest BCUT2D eigenvalue weighted by Crippen LogP contribution is 2.17. The lowest BCUT2D eigenvalue weighted by molar-refractivity contribution is 0.154. The Morgan fingerprint density at radius 3 is 2.86 bits per heavy atom. The van der Waals surface area contributed by atoms with Crippen molar-refractivity contribution in [3.05, 3.63) is 65.2 Å². The van der Waals surface area contributed by atoms with Gasteiger partial charge in [-0.3, -0.25) is 0 Å². The molecule has 2 aromatic carbocycles. The highest BCUT2D eigenvalue weighted by Gasteiger charge is 2.12. The van der Waals surface area contributed by atoms with E-state index in [0.29, 0.717) is 17.1 Å². The van der Waals surface area contributed by atoms with Crippen LogP contribution in [0.3, 0.4) is 0 Å². The average molecular weight is 305 g/mol. The van der Waals surface area contributed by atoms with E-state index in [-0.39, 0.29) is 6.42 Å². The number of para-hydroxylation sites is 2. The maximum absolute atomic E-state index is 13.7. The minimum absolute atomic E-state index is 0.232. The van der Waals surface area contributed by atoms with Gasteiger partial charge in [0.15, 0.2) is 0 Å². The van der Waals surface area contributed by atoms with Gasteiger partial charge in [0.25, 0.3) is 0 Å². The Bertz CT molecular complexity index is 772. The van der Waals surface area contributed by atoms with Gasteiger partial charge in [0, 0.05) is 11.4 Å². The second-order valence-corrected chi connectivity index (χ2v) is 5.42. The molecule has 1 unspecified atom stereocenters. The highest BCUT2D eigenvalue weighted by molar-refractivity contribution is 6.30. The van der Waals surface area contributed by atoms with Crippen LogP contribution in [0, 0.1) is 5.82 Å². The van der Waals surface area contributed by atoms with Crippen molar-refractivity contribution in [3.63, 3.8) is 0 Å². The summed E-state index contributed by atoms with van der Waals surface area (Å²) in [5, 5.41) is 10.5. The average Bonchev–Trinajstić information content (AvgIpc) is 2.85. The van der Waals surface area contributed by atoms with Crippen molar-refractivity contribution >= 4 is 22.6 Å². The first-order valence-corrected chi connectivity index (χ1v) is 7.03. The van der Waals surface area contributed by atoms with Gasteiger partial charge in [0.05, 0.1) is 30.0 Å². The van der Waals surface area contributed by atoms with E-state index in [1.165, 1.54) is 6.07 Å². The Hall–Kier alpha value is -1.91. The molecule has 1 atom stereocenters. The van der Waals surface area contributed by atoms with Crippen molar-refractivity contribution in [1.29, 1.82) is 0 Å². The van der Waals surface area contributed by atoms with Gasteiger partial charge in [-0.15, -0.1) is 0 Å². The van der Waals surface area contributed by atoms with Crippen molar-refractivity contribution in [2.75, 3.05) is 0 Å². The van der Waals surface area contributed by atoms with Crippen LogP contribution in [0.2, 0.25) is 5.02 Å². The zero-order valence-electron chi connectivity index (χ0n) is 11.2. The molecule has 3 aromatic rings. The molecule has 108 valence electrons. The third-order valence-electron chi connectivity index (χ3n) is 3.41. The van der Waals surface area contributed by atoms with Gasteiger partial charge >= 0.3 is 0 Å². The molecule has 0 bridgehead atoms. The van der Waals surface area contributed by atoms with Crippen LogP contribution in [0.25, 0.3) is 11.0 Å². The number of benzene rings is 2. The molecule has 0 spiro atoms. The maximum Gasteiger partial charge on any atom is 0.127 e. The van der Waals surface area contributed by atoms with Crippen molar-refractivity contribution in [2.45, 2.75) is 19.1 Å². The lowest BCUT2D eigenvalue weighted by Gasteiger charge is -2.13. The molecule has 3 rings (SSSR count). The summed E-state index contributed by atoms with van der Waals surface area (Å²) in [5.41, 5.74) is 2.28. The van der Waals surface area contributed by atoms with Gasteiger partial charge in [0.2, 0.25) is 0 Å². The Morgan fingerprint density at radius 1 is 1.24 bits per heavy atom. The third kappa shape index (κ3) is 3.06. The Balaban J connectivity index is 1.75. The molecule has 1 heterocycles. The molecule has 0 saturated carbocycles. The van der Waals surface area contributed by atoms with Crippen LogP contribution in [0.1, 0.15) is 5.56 Å². The number of nitrogens with zero attached hydrogens (tertiary/aromatic N) is 2. The quantitative estimate of drug-likeness (QED) is 0.802. The topological polar surface area (TPSA) is 38.0 Å². The second-order valence-electron chi connectivity index (χ2n) is 4.98. The first kappa shape index (κ1) is 14.0. The molecule has 1 N–H and O–H groups in total. The van der Waals surface area contributed by atoms with Crippen LogP contribution in [-0.2, 0) is 13.0 Å². The molecule has 1 aromatic heterocycles. The van der Waals surface area contributed by atoms with Crippen LogP contribution in [0.15, 0.2) is 48.8 Å². The number of rotatable bonds is 4. The van der Waals surface area contributed by atoms with Gasteiger partial charge in [-0.25, -0.2) is 9.37 Å². The molecule has 0 saturated heterocycles. The summed E-state index contributed by atoms with van der Waals surface area (Å²) in [6, 6.07) is 12.2. The number of fused-ring (bicyclic) bond motifs is 1. The summed E-state index contributed by atoms with van der Waals surface area (Å²) in [6.45, 7) is 0.364. The van der Waals surface area contributed by atoms with E-state index in [0.717, 1.165) is 11.0 Å². The Kier molecular flexibility index (Phi) is 3.90. The lowest BCUT2D eigenvalue weighted by atomic mass is 10.1. The minimum Gasteiger partial charge on any atom is -0.391 e. The summed E-state index contributed by atoms with van der Waals surface area (Å²) in [5.74, 6) is -0.392. The van der Waals surface area contributed by atoms with Gasteiger partial charge in [-0.2, -0.15) is 0 Å². The van der Waals surface area contributed by atoms with Crippen LogP contribution in [0.5, 0.6) is 0 Å². The number of hydrogen-bond donors (Lipinski definition) is 1. The van der Waals surface area contributed by atoms with E-state index < -0.39 is 11.9 Å². The fraction of sp³-hybridized carbons (Fsp3) is 0.188. The number of halogens is 2. The Morgan fingerprint density at radius 2 is 2.05 bits per heavy atom. The van der Waals surface area contributed by atoms with E-state index in [1.54, 1.807) is 18.5 Å². The van der Waals surface area contributed by atoms with E-state index in [9.17, 15) is 9.50 Å². The summed E-state index contributed by atoms with van der Waals surface area (Å²) in [6.07, 6.45) is 1.22. The van der Waals surface area contributed by atoms with Crippen molar-refractivity contribution in [3.8, 4) is 0 Å². The molecule has 0 aliphatic rings. The number of hydrogen-bond acceptors (Lipinski definition) is 2. The summed E-state index contributed by atoms with van der Waals surface area (Å²) in [7, 11) is 0. The van der Waals surface area contributed by atoms with Crippen molar-refractivity contribution in [1.82, 2.24) is 9.55 Å². The molecule has 21 heavy (non-hydrogen) atoms. The van der Waals surface area contributed by atoms with Gasteiger partial charge in [0.1, 0.15) is 5.82 Å². The van der Waals surface area contributed by atoms with E-state index in [2.05, 4.69) is 4.98 Å². The molecule has 3 nitrogen and oxygen atoms in total. The maximum atomic E-state index is 13.7. The van der Waals surface area contributed by atoms with E-state index in [4.69, 9.17) is 11.6 Å². The van der Waals surface area contributed by atoms with E-state index >= 15 is 0 Å². The standard InChI is InChI=1S/C16H14ClFN2O/c17-12-6-5-11(14(18)8-12)7-13(21)9-20-10-19-15-3-1-2-4-16(15)20/h1-6,8,10,13,21H,7,9H2. The van der Waals surface area contributed by atoms with Gasteiger partial charge < -0.3 is 9.67 Å². The summed E-state index contributed by atoms with van der Waals surface area (Å²) < 4.78 is 15.6. The van der Waals surface area contributed by atoms with Crippen LogP contribution in [0.4, 0.5) is 4.39 Å². The smallest absolute Gasteiger partial charge is 0.127 e. The lowest BCUT2D eigenvalue weighted by Crippen LogP contribution is -2.18. The SMILES string of the molecule is OC(Cc1ccc(Cl)cc1F)Cn1cnc2ccccc21. The number of imidazole rings is 1. The van der Waals surface area contributed by atoms with Crippen LogP contribution in [-0.4, -0.2) is 20.8 Å². The summed E-state index contributed by atoms with van der Waals surface area (Å²) in [4.78, 5) is 4.27. The zero-order valence-corrected chi connectivity index (χ0v) is 12.0. The molecular formula is C16H14ClFN2O. The molecular weight excluding hydrogens is 291 g/mol. The Labute approximate surface area is 126 Å². The van der Waals surface area contributed by atoms with Gasteiger partial charge in [-0.1, -0.05) is 29.8 Å². The largest absolute Gasteiger partial charge is 0.391 e. The monoisotopic (exact) mass is 304 g/mol. The molecule has 0 aliphatic carbocycles. The van der Waals surface area contributed by atoms with Crippen molar-refractivity contribution < 1.29 is 9.50 Å². The van der Waals surface area contributed by atoms with E-state index in [1.807, 2.05) is 28.8 Å².